The Morgan fingerprint density at radius 1 is 1.20 bits per heavy atom. The van der Waals surface area contributed by atoms with Gasteiger partial charge < -0.3 is 25.1 Å². The van der Waals surface area contributed by atoms with Crippen LogP contribution in [0.3, 0.4) is 0 Å². The van der Waals surface area contributed by atoms with Gasteiger partial charge in [0, 0.05) is 19.0 Å². The van der Waals surface area contributed by atoms with Crippen molar-refractivity contribution >= 4 is 17.6 Å². The number of esters is 1. The highest BCUT2D eigenvalue weighted by molar-refractivity contribution is 6.00. The molecule has 8 heteroatoms. The fraction of sp³-hybridized carbons (Fsp3) is 0.296. The highest BCUT2D eigenvalue weighted by Gasteiger charge is 2.20. The maximum absolute atomic E-state index is 12.6. The van der Waals surface area contributed by atoms with Crippen molar-refractivity contribution in [1.82, 2.24) is 5.32 Å². The van der Waals surface area contributed by atoms with Crippen LogP contribution in [-0.2, 0) is 27.3 Å². The molecule has 3 N–H and O–H groups in total. The Morgan fingerprint density at radius 3 is 2.80 bits per heavy atom. The van der Waals surface area contributed by atoms with Crippen molar-refractivity contribution in [3.05, 3.63) is 83.5 Å². The first-order chi connectivity index (χ1) is 16.9. The van der Waals surface area contributed by atoms with Crippen LogP contribution in [-0.4, -0.2) is 41.0 Å². The Hall–Kier alpha value is -4.07. The van der Waals surface area contributed by atoms with Crippen molar-refractivity contribution in [3.63, 3.8) is 0 Å². The number of phenols is 2. The van der Waals surface area contributed by atoms with Gasteiger partial charge in [-0.2, -0.15) is 0 Å². The van der Waals surface area contributed by atoms with Crippen LogP contribution in [0, 0.1) is 5.92 Å². The van der Waals surface area contributed by atoms with Gasteiger partial charge in [0.1, 0.15) is 17.1 Å². The number of hydrogen-bond donors (Lipinski definition) is 3. The van der Waals surface area contributed by atoms with Crippen LogP contribution in [0.15, 0.2) is 71.9 Å². The topological polar surface area (TPSA) is 117 Å². The minimum absolute atomic E-state index is 0.0427. The number of allylic oxidation sites excluding steroid dienone is 3. The number of cyclic esters (lactones) is 1. The van der Waals surface area contributed by atoms with Crippen LogP contribution >= 0.6 is 0 Å². The average molecular weight is 479 g/mol. The highest BCUT2D eigenvalue weighted by Crippen LogP contribution is 2.29. The van der Waals surface area contributed by atoms with Crippen LogP contribution in [0.2, 0.25) is 0 Å². The molecule has 0 saturated heterocycles. The van der Waals surface area contributed by atoms with E-state index in [1.54, 1.807) is 6.08 Å². The summed E-state index contributed by atoms with van der Waals surface area (Å²) in [4.78, 5) is 30.1. The predicted octanol–water partition coefficient (Wildman–Crippen LogP) is 4.03. The predicted molar refractivity (Wildman–Crippen MR) is 132 cm³/mol. The molecule has 0 aliphatic carbocycles. The number of carbonyl (C=O) groups excluding carboxylic acids is 2. The zero-order chi connectivity index (χ0) is 25.0. The van der Waals surface area contributed by atoms with Crippen LogP contribution in [0.4, 0.5) is 0 Å². The maximum atomic E-state index is 12.6. The lowest BCUT2D eigenvalue weighted by Gasteiger charge is -2.13. The molecule has 0 aromatic heterocycles. The number of carbonyl (C=O) groups is 2. The molecule has 1 aliphatic rings. The molecule has 1 amide bonds. The number of benzene rings is 2. The van der Waals surface area contributed by atoms with E-state index >= 15 is 0 Å². The molecular formula is C27H30N2O6. The third-order valence-electron chi connectivity index (χ3n) is 5.27. The monoisotopic (exact) mass is 478 g/mol. The van der Waals surface area contributed by atoms with Crippen LogP contribution in [0.25, 0.3) is 0 Å². The molecule has 35 heavy (non-hydrogen) atoms. The summed E-state index contributed by atoms with van der Waals surface area (Å²) in [6.45, 7) is 2.32. The normalized spacial score (nSPS) is 19.6. The summed E-state index contributed by atoms with van der Waals surface area (Å²) < 4.78 is 5.31. The second-order valence-electron chi connectivity index (χ2n) is 8.26. The van der Waals surface area contributed by atoms with E-state index in [2.05, 4.69) is 17.4 Å². The summed E-state index contributed by atoms with van der Waals surface area (Å²) in [6, 6.07) is 12.0. The van der Waals surface area contributed by atoms with Crippen molar-refractivity contribution in [3.8, 4) is 11.5 Å². The molecule has 2 aromatic rings. The van der Waals surface area contributed by atoms with E-state index in [0.29, 0.717) is 24.2 Å². The van der Waals surface area contributed by atoms with Gasteiger partial charge in [0.05, 0.1) is 12.3 Å². The summed E-state index contributed by atoms with van der Waals surface area (Å²) in [6.07, 6.45) is 9.02. The molecule has 0 spiro atoms. The van der Waals surface area contributed by atoms with Gasteiger partial charge >= 0.3 is 5.97 Å². The number of nitrogens with one attached hydrogen (secondary N) is 1. The summed E-state index contributed by atoms with van der Waals surface area (Å²) >= 11 is 0. The van der Waals surface area contributed by atoms with E-state index in [9.17, 15) is 19.8 Å². The van der Waals surface area contributed by atoms with E-state index in [1.165, 1.54) is 6.07 Å². The molecule has 1 aliphatic heterocycles. The van der Waals surface area contributed by atoms with Crippen LogP contribution in [0.5, 0.6) is 11.5 Å². The Morgan fingerprint density at radius 2 is 2.00 bits per heavy atom. The molecule has 1 atom stereocenters. The maximum Gasteiger partial charge on any atom is 0.342 e. The van der Waals surface area contributed by atoms with Crippen molar-refractivity contribution in [2.75, 3.05) is 13.2 Å². The molecular weight excluding hydrogens is 448 g/mol. The van der Waals surface area contributed by atoms with E-state index < -0.39 is 5.97 Å². The summed E-state index contributed by atoms with van der Waals surface area (Å²) in [5, 5.41) is 27.2. The second-order valence-corrected chi connectivity index (χ2v) is 8.26. The third-order valence-corrected chi connectivity index (χ3v) is 5.27. The Labute approximate surface area is 204 Å². The molecule has 0 fully saturated rings. The number of oxime groups is 1. The number of fused-ring (bicyclic) bond motifs is 1. The fourth-order valence-electron chi connectivity index (χ4n) is 3.50. The number of phenolic OH excluding ortho intramolecular Hbond substituents is 2. The largest absolute Gasteiger partial charge is 0.508 e. The summed E-state index contributed by atoms with van der Waals surface area (Å²) in [5.41, 5.74) is 1.66. The first-order valence-corrected chi connectivity index (χ1v) is 11.5. The molecule has 0 bridgehead atoms. The first-order valence-electron chi connectivity index (χ1n) is 11.5. The Kier molecular flexibility index (Phi) is 9.48. The number of ether oxygens (including phenoxy) is 1. The molecule has 1 heterocycles. The van der Waals surface area contributed by atoms with Gasteiger partial charge in [-0.25, -0.2) is 4.79 Å². The van der Waals surface area contributed by atoms with E-state index in [-0.39, 0.29) is 48.5 Å². The number of amides is 1. The standard InChI is InChI=1S/C27H30N2O6/c1-19-8-5-6-13-34-27(33)26-21(15-23(30)16-24(26)31)14-22(12-7-9-19)29-35-18-25(32)28-17-20-10-3-2-4-11-20/h2-5,7-8,10-12,15-16,19,30-31H,6,9,13-14,17-18H2,1H3,(H,28,32)/b8-5+,12-7+,29-22?. The van der Waals surface area contributed by atoms with Crippen molar-refractivity contribution < 1.29 is 29.4 Å². The zero-order valence-electron chi connectivity index (χ0n) is 19.6. The lowest BCUT2D eigenvalue weighted by Crippen LogP contribution is -2.26. The number of nitrogens with zero attached hydrogens (tertiary/aromatic N) is 1. The van der Waals surface area contributed by atoms with Crippen molar-refractivity contribution in [2.24, 2.45) is 11.1 Å². The van der Waals surface area contributed by atoms with E-state index in [0.717, 1.165) is 18.1 Å². The number of rotatable bonds is 5. The fourth-order valence-corrected chi connectivity index (χ4v) is 3.50. The smallest absolute Gasteiger partial charge is 0.342 e. The minimum Gasteiger partial charge on any atom is -0.508 e. The second kappa shape index (κ2) is 13.0. The van der Waals surface area contributed by atoms with E-state index in [4.69, 9.17) is 9.57 Å². The summed E-state index contributed by atoms with van der Waals surface area (Å²) in [7, 11) is 0. The number of aromatic hydroxyl groups is 2. The SMILES string of the molecule is CC1/C=C/CCOC(=O)c2c(O)cc(O)cc2CC(=NOCC(=O)NCc2ccccc2)/C=C/C1. The van der Waals surface area contributed by atoms with Gasteiger partial charge in [-0.05, 0) is 42.0 Å². The third kappa shape index (κ3) is 8.33. The molecule has 8 nitrogen and oxygen atoms in total. The molecule has 0 saturated carbocycles. The van der Waals surface area contributed by atoms with Crippen LogP contribution < -0.4 is 5.32 Å². The Bertz CT molecular complexity index is 1110. The van der Waals surface area contributed by atoms with Crippen LogP contribution in [0.1, 0.15) is 41.3 Å². The lowest BCUT2D eigenvalue weighted by atomic mass is 9.99. The van der Waals surface area contributed by atoms with Gasteiger partial charge in [-0.1, -0.05) is 60.6 Å². The average Bonchev–Trinajstić information content (AvgIpc) is 2.82. The lowest BCUT2D eigenvalue weighted by molar-refractivity contribution is -0.125. The Balaban J connectivity index is 1.76. The highest BCUT2D eigenvalue weighted by atomic mass is 16.6. The molecule has 1 unspecified atom stereocenters. The number of hydrogen-bond acceptors (Lipinski definition) is 7. The minimum atomic E-state index is -0.694. The molecule has 3 rings (SSSR count). The van der Waals surface area contributed by atoms with Crippen molar-refractivity contribution in [2.45, 2.75) is 32.7 Å². The molecule has 0 radical (unpaired) electrons. The van der Waals surface area contributed by atoms with E-state index in [1.807, 2.05) is 48.6 Å². The zero-order valence-corrected chi connectivity index (χ0v) is 19.6. The van der Waals surface area contributed by atoms with Gasteiger partial charge in [0.25, 0.3) is 5.91 Å². The first kappa shape index (κ1) is 25.6. The molecule has 184 valence electrons. The summed E-state index contributed by atoms with van der Waals surface area (Å²) in [5.74, 6) is -1.35. The van der Waals surface area contributed by atoms with Gasteiger partial charge in [-0.3, -0.25) is 4.79 Å². The van der Waals surface area contributed by atoms with Crippen molar-refractivity contribution in [1.29, 1.82) is 0 Å². The van der Waals surface area contributed by atoms with Gasteiger partial charge in [0.15, 0.2) is 6.61 Å². The quantitative estimate of drug-likeness (QED) is 0.339. The molecule has 2 aromatic carbocycles. The van der Waals surface area contributed by atoms with Gasteiger partial charge in [0.2, 0.25) is 0 Å². The van der Waals surface area contributed by atoms with Gasteiger partial charge in [-0.15, -0.1) is 0 Å².